The highest BCUT2D eigenvalue weighted by atomic mass is 19.1. The predicted octanol–water partition coefficient (Wildman–Crippen LogP) is 3.88. The number of hydrogen-bond donors (Lipinski definition) is 2. The number of anilines is 1. The smallest absolute Gasteiger partial charge is 0.251 e. The summed E-state index contributed by atoms with van der Waals surface area (Å²) in [6.45, 7) is 4.07. The molecule has 1 aliphatic rings. The fraction of sp³-hybridized carbons (Fsp3) is 0.333. The van der Waals surface area contributed by atoms with E-state index in [1.165, 1.54) is 6.07 Å². The molecule has 2 aromatic rings. The first kappa shape index (κ1) is 18.1. The first-order valence-corrected chi connectivity index (χ1v) is 8.81. The van der Waals surface area contributed by atoms with Crippen LogP contribution in [0.4, 0.5) is 10.1 Å². The Morgan fingerprint density at radius 3 is 2.54 bits per heavy atom. The van der Waals surface area contributed by atoms with Gasteiger partial charge in [0.1, 0.15) is 5.82 Å². The van der Waals surface area contributed by atoms with E-state index in [-0.39, 0.29) is 23.5 Å². The van der Waals surface area contributed by atoms with Gasteiger partial charge >= 0.3 is 0 Å². The minimum atomic E-state index is -0.543. The third-order valence-corrected chi connectivity index (χ3v) is 4.63. The maximum absolute atomic E-state index is 14.0. The van der Waals surface area contributed by atoms with E-state index in [1.807, 2.05) is 13.8 Å². The predicted molar refractivity (Wildman–Crippen MR) is 99.6 cm³/mol. The Kier molecular flexibility index (Phi) is 5.07. The summed E-state index contributed by atoms with van der Waals surface area (Å²) in [5.41, 5.74) is 1.09. The lowest BCUT2D eigenvalue weighted by Gasteiger charge is -2.26. The third-order valence-electron chi connectivity index (χ3n) is 4.63. The zero-order chi connectivity index (χ0) is 18.7. The molecule has 4 nitrogen and oxygen atoms in total. The van der Waals surface area contributed by atoms with Gasteiger partial charge in [-0.3, -0.25) is 9.59 Å². The Balaban J connectivity index is 1.64. The molecule has 2 amide bonds. The zero-order valence-electron chi connectivity index (χ0n) is 15.0. The van der Waals surface area contributed by atoms with Crippen LogP contribution in [0.5, 0.6) is 0 Å². The molecular weight excluding hydrogens is 331 g/mol. The zero-order valence-corrected chi connectivity index (χ0v) is 15.0. The van der Waals surface area contributed by atoms with Gasteiger partial charge in [-0.25, -0.2) is 4.39 Å². The van der Waals surface area contributed by atoms with Crippen molar-refractivity contribution < 1.29 is 14.0 Å². The molecule has 5 heteroatoms. The van der Waals surface area contributed by atoms with Crippen molar-refractivity contribution in [2.45, 2.75) is 32.1 Å². The van der Waals surface area contributed by atoms with Crippen LogP contribution < -0.4 is 10.6 Å². The number of carbonyl (C=O) groups excluding carboxylic acids is 2. The van der Waals surface area contributed by atoms with Crippen LogP contribution in [0, 0.1) is 11.7 Å². The summed E-state index contributed by atoms with van der Waals surface area (Å²) in [7, 11) is 0. The monoisotopic (exact) mass is 354 g/mol. The number of nitrogens with one attached hydrogen (secondary N) is 2. The molecule has 26 heavy (non-hydrogen) atoms. The van der Waals surface area contributed by atoms with E-state index in [0.717, 1.165) is 12.8 Å². The molecule has 1 saturated carbocycles. The first-order valence-electron chi connectivity index (χ1n) is 8.81. The highest BCUT2D eigenvalue weighted by Crippen LogP contribution is 2.30. The highest BCUT2D eigenvalue weighted by molar-refractivity contribution is 5.98. The van der Waals surface area contributed by atoms with Gasteiger partial charge in [-0.15, -0.1) is 0 Å². The summed E-state index contributed by atoms with van der Waals surface area (Å²) in [5, 5.41) is 5.70. The van der Waals surface area contributed by atoms with E-state index in [4.69, 9.17) is 0 Å². The Hall–Kier alpha value is -2.69. The second-order valence-electron chi connectivity index (χ2n) is 7.39. The summed E-state index contributed by atoms with van der Waals surface area (Å²) < 4.78 is 14.0. The lowest BCUT2D eigenvalue weighted by Crippen LogP contribution is -2.37. The topological polar surface area (TPSA) is 58.2 Å². The standard InChI is InChI=1S/C21H23FN2O2/c1-21(2,17-8-3-4-9-18(17)22)13-23-19(25)15-6-5-7-16(12-15)24-20(26)14-10-11-14/h3-9,12,14H,10-11,13H2,1-2H3,(H,23,25)(H,24,26). The van der Waals surface area contributed by atoms with Gasteiger partial charge in [0.15, 0.2) is 0 Å². The molecule has 136 valence electrons. The molecule has 3 rings (SSSR count). The number of benzene rings is 2. The van der Waals surface area contributed by atoms with Crippen molar-refractivity contribution in [2.24, 2.45) is 5.92 Å². The lowest BCUT2D eigenvalue weighted by atomic mass is 9.84. The molecule has 2 aromatic carbocycles. The summed E-state index contributed by atoms with van der Waals surface area (Å²) in [5.74, 6) is -0.425. The van der Waals surface area contributed by atoms with Crippen LogP contribution in [0.2, 0.25) is 0 Å². The van der Waals surface area contributed by atoms with E-state index in [1.54, 1.807) is 42.5 Å². The summed E-state index contributed by atoms with van der Waals surface area (Å²) in [6, 6.07) is 13.4. The molecule has 0 radical (unpaired) electrons. The van der Waals surface area contributed by atoms with Crippen molar-refractivity contribution in [3.63, 3.8) is 0 Å². The summed E-state index contributed by atoms with van der Waals surface area (Å²) in [4.78, 5) is 24.3. The van der Waals surface area contributed by atoms with Crippen LogP contribution in [0.15, 0.2) is 48.5 Å². The summed E-state index contributed by atoms with van der Waals surface area (Å²) in [6.07, 6.45) is 1.86. The fourth-order valence-corrected chi connectivity index (χ4v) is 2.84. The molecule has 0 aromatic heterocycles. The molecule has 0 unspecified atom stereocenters. The SMILES string of the molecule is CC(C)(CNC(=O)c1cccc(NC(=O)C2CC2)c1)c1ccccc1F. The van der Waals surface area contributed by atoms with Gasteiger partial charge in [-0.05, 0) is 42.7 Å². The minimum absolute atomic E-state index is 0.00300. The average Bonchev–Trinajstić information content (AvgIpc) is 3.45. The van der Waals surface area contributed by atoms with E-state index >= 15 is 0 Å². The Morgan fingerprint density at radius 2 is 1.85 bits per heavy atom. The van der Waals surface area contributed by atoms with E-state index in [2.05, 4.69) is 10.6 Å². The van der Waals surface area contributed by atoms with E-state index in [0.29, 0.717) is 23.4 Å². The second-order valence-corrected chi connectivity index (χ2v) is 7.39. The molecule has 1 aliphatic carbocycles. The number of amides is 2. The van der Waals surface area contributed by atoms with Crippen LogP contribution in [-0.2, 0) is 10.2 Å². The Bertz CT molecular complexity index is 828. The van der Waals surface area contributed by atoms with Crippen molar-refractivity contribution in [3.8, 4) is 0 Å². The fourth-order valence-electron chi connectivity index (χ4n) is 2.84. The third kappa shape index (κ3) is 4.28. The van der Waals surface area contributed by atoms with Crippen LogP contribution in [-0.4, -0.2) is 18.4 Å². The number of hydrogen-bond acceptors (Lipinski definition) is 2. The lowest BCUT2D eigenvalue weighted by molar-refractivity contribution is -0.117. The highest BCUT2D eigenvalue weighted by Gasteiger charge is 2.29. The Morgan fingerprint density at radius 1 is 1.12 bits per heavy atom. The van der Waals surface area contributed by atoms with Gasteiger partial charge in [0.25, 0.3) is 5.91 Å². The van der Waals surface area contributed by atoms with Gasteiger partial charge in [-0.1, -0.05) is 38.1 Å². The van der Waals surface area contributed by atoms with Crippen molar-refractivity contribution in [2.75, 3.05) is 11.9 Å². The first-order chi connectivity index (χ1) is 12.4. The maximum Gasteiger partial charge on any atom is 0.251 e. The molecule has 0 heterocycles. The van der Waals surface area contributed by atoms with Crippen LogP contribution in [0.1, 0.15) is 42.6 Å². The molecule has 0 bridgehead atoms. The van der Waals surface area contributed by atoms with Gasteiger partial charge in [0.05, 0.1) is 0 Å². The van der Waals surface area contributed by atoms with Gasteiger partial charge in [0, 0.05) is 29.1 Å². The molecule has 2 N–H and O–H groups in total. The molecule has 1 fully saturated rings. The maximum atomic E-state index is 14.0. The number of carbonyl (C=O) groups is 2. The average molecular weight is 354 g/mol. The van der Waals surface area contributed by atoms with Crippen molar-refractivity contribution in [1.29, 1.82) is 0 Å². The summed E-state index contributed by atoms with van der Waals surface area (Å²) >= 11 is 0. The van der Waals surface area contributed by atoms with Crippen molar-refractivity contribution >= 4 is 17.5 Å². The molecule has 0 spiro atoms. The van der Waals surface area contributed by atoms with Gasteiger partial charge < -0.3 is 10.6 Å². The molecule has 0 saturated heterocycles. The van der Waals surface area contributed by atoms with Crippen LogP contribution in [0.25, 0.3) is 0 Å². The second kappa shape index (κ2) is 7.28. The van der Waals surface area contributed by atoms with Gasteiger partial charge in [0.2, 0.25) is 5.91 Å². The number of halogens is 1. The molecule has 0 atom stereocenters. The molecular formula is C21H23FN2O2. The van der Waals surface area contributed by atoms with Gasteiger partial charge in [-0.2, -0.15) is 0 Å². The number of rotatable bonds is 6. The normalized spacial score (nSPS) is 14.0. The van der Waals surface area contributed by atoms with Crippen molar-refractivity contribution in [1.82, 2.24) is 5.32 Å². The minimum Gasteiger partial charge on any atom is -0.351 e. The van der Waals surface area contributed by atoms with Crippen LogP contribution >= 0.6 is 0 Å². The largest absolute Gasteiger partial charge is 0.351 e. The van der Waals surface area contributed by atoms with Crippen molar-refractivity contribution in [3.05, 3.63) is 65.5 Å². The van der Waals surface area contributed by atoms with Crippen LogP contribution in [0.3, 0.4) is 0 Å². The Labute approximate surface area is 152 Å². The van der Waals surface area contributed by atoms with E-state index in [9.17, 15) is 14.0 Å². The molecule has 0 aliphatic heterocycles. The van der Waals surface area contributed by atoms with E-state index < -0.39 is 5.41 Å². The quantitative estimate of drug-likeness (QED) is 0.827.